The molecule has 4 aromatic carbocycles. The van der Waals surface area contributed by atoms with Gasteiger partial charge in [-0.05, 0) is 59.7 Å². The molecule has 4 aromatic rings. The maximum atomic E-state index is 14.3. The highest BCUT2D eigenvalue weighted by molar-refractivity contribution is 9.10. The fraction of sp³-hybridized carbons (Fsp3) is 0.0357. The third-order valence-electron chi connectivity index (χ3n) is 5.65. The first-order valence-corrected chi connectivity index (χ1v) is 14.0. The number of rotatable bonds is 5. The van der Waals surface area contributed by atoms with E-state index in [1.54, 1.807) is 0 Å². The molecular formula is C28H20Br2N2O2S. The Balaban J connectivity index is 1.80. The Labute approximate surface area is 221 Å². The lowest BCUT2D eigenvalue weighted by atomic mass is 10.0. The van der Waals surface area contributed by atoms with Gasteiger partial charge in [-0.25, -0.2) is 13.4 Å². The van der Waals surface area contributed by atoms with Crippen LogP contribution in [-0.4, -0.2) is 14.1 Å². The fourth-order valence-electron chi connectivity index (χ4n) is 4.08. The van der Waals surface area contributed by atoms with Crippen molar-refractivity contribution in [3.05, 3.63) is 135 Å². The predicted octanol–water partition coefficient (Wildman–Crippen LogP) is 7.93. The lowest BCUT2D eigenvalue weighted by Gasteiger charge is -2.15. The summed E-state index contributed by atoms with van der Waals surface area (Å²) < 4.78 is 30.3. The Kier molecular flexibility index (Phi) is 6.73. The summed E-state index contributed by atoms with van der Waals surface area (Å²) in [5, 5.41) is 2.43. The Morgan fingerprint density at radius 3 is 1.83 bits per heavy atom. The van der Waals surface area contributed by atoms with Gasteiger partial charge in [-0.2, -0.15) is 0 Å². The van der Waals surface area contributed by atoms with Crippen molar-refractivity contribution in [2.75, 3.05) is 5.32 Å². The largest absolute Gasteiger partial charge is 0.353 e. The van der Waals surface area contributed by atoms with Crippen LogP contribution in [0.2, 0.25) is 0 Å². The minimum Gasteiger partial charge on any atom is -0.353 e. The number of nitrogens with one attached hydrogen (secondary N) is 1. The summed E-state index contributed by atoms with van der Waals surface area (Å²) in [4.78, 5) is 5.13. The second-order valence-corrected chi connectivity index (χ2v) is 11.8. The minimum atomic E-state index is -3.84. The van der Waals surface area contributed by atoms with Crippen molar-refractivity contribution in [3.63, 3.8) is 0 Å². The average molecular weight is 608 g/mol. The Morgan fingerprint density at radius 2 is 1.23 bits per heavy atom. The maximum absolute atomic E-state index is 14.3. The zero-order valence-corrected chi connectivity index (χ0v) is 22.4. The van der Waals surface area contributed by atoms with Crippen molar-refractivity contribution in [1.29, 1.82) is 0 Å². The van der Waals surface area contributed by atoms with Gasteiger partial charge in [0.1, 0.15) is 10.2 Å². The minimum absolute atomic E-state index is 0.233. The predicted molar refractivity (Wildman–Crippen MR) is 150 cm³/mol. The normalized spacial score (nSPS) is 18.1. The monoisotopic (exact) mass is 606 g/mol. The van der Waals surface area contributed by atoms with E-state index in [9.17, 15) is 8.42 Å². The molecule has 0 saturated carbocycles. The molecule has 35 heavy (non-hydrogen) atoms. The van der Waals surface area contributed by atoms with Crippen LogP contribution >= 0.6 is 31.9 Å². The molecule has 1 atom stereocenters. The number of hydrogen-bond acceptors (Lipinski definition) is 4. The molecule has 0 fully saturated rings. The zero-order valence-electron chi connectivity index (χ0n) is 18.4. The molecule has 1 unspecified atom stereocenters. The molecule has 0 saturated heterocycles. The fourth-order valence-corrected chi connectivity index (χ4v) is 6.73. The smallest absolute Gasteiger partial charge is 0.193 e. The van der Waals surface area contributed by atoms with E-state index in [4.69, 9.17) is 4.99 Å². The SMILES string of the molecule is O=S1(=O)C(c2ccc(Br)cc2)=C(Nc2ccccc2)C(=Nc2ccccc2)C1c1ccc(Br)cc1. The van der Waals surface area contributed by atoms with Gasteiger partial charge < -0.3 is 5.32 Å². The first-order valence-electron chi connectivity index (χ1n) is 10.9. The molecular weight excluding hydrogens is 588 g/mol. The van der Waals surface area contributed by atoms with Gasteiger partial charge in [0.15, 0.2) is 9.84 Å². The molecule has 174 valence electrons. The highest BCUT2D eigenvalue weighted by atomic mass is 79.9. The molecule has 0 bridgehead atoms. The number of hydrogen-bond donors (Lipinski definition) is 1. The third-order valence-corrected chi connectivity index (χ3v) is 8.84. The number of benzene rings is 4. The van der Waals surface area contributed by atoms with Crippen LogP contribution in [0.5, 0.6) is 0 Å². The standard InChI is InChI=1S/C28H20Br2N2O2S/c29-21-15-11-19(12-16-21)27-25(31-23-7-3-1-4-8-23)26(32-24-9-5-2-6-10-24)28(35(27,33)34)20-13-17-22(30)18-14-20/h1-18,27,32H. The molecule has 1 heterocycles. The van der Waals surface area contributed by atoms with E-state index in [0.717, 1.165) is 14.6 Å². The van der Waals surface area contributed by atoms with Crippen molar-refractivity contribution in [1.82, 2.24) is 0 Å². The molecule has 7 heteroatoms. The second-order valence-electron chi connectivity index (χ2n) is 8.01. The summed E-state index contributed by atoms with van der Waals surface area (Å²) in [6, 6.07) is 33.7. The molecule has 1 N–H and O–H groups in total. The van der Waals surface area contributed by atoms with Crippen molar-refractivity contribution >= 4 is 63.7 Å². The van der Waals surface area contributed by atoms with Crippen molar-refractivity contribution < 1.29 is 8.42 Å². The van der Waals surface area contributed by atoms with Crippen LogP contribution in [0.3, 0.4) is 0 Å². The number of halogens is 2. The van der Waals surface area contributed by atoms with Gasteiger partial charge in [0.05, 0.1) is 17.1 Å². The van der Waals surface area contributed by atoms with Crippen molar-refractivity contribution in [2.24, 2.45) is 4.99 Å². The number of nitrogens with zero attached hydrogens (tertiary/aromatic N) is 1. The molecule has 0 aliphatic carbocycles. The first-order chi connectivity index (χ1) is 16.9. The van der Waals surface area contributed by atoms with Crippen LogP contribution in [0.25, 0.3) is 4.91 Å². The van der Waals surface area contributed by atoms with E-state index in [1.165, 1.54) is 0 Å². The van der Waals surface area contributed by atoms with Crippen LogP contribution < -0.4 is 5.32 Å². The van der Waals surface area contributed by atoms with Crippen LogP contribution in [0.15, 0.2) is 129 Å². The number of sulfone groups is 1. The zero-order chi connectivity index (χ0) is 24.4. The Bertz CT molecular complexity index is 1520. The van der Waals surface area contributed by atoms with E-state index in [0.29, 0.717) is 28.2 Å². The van der Waals surface area contributed by atoms with Gasteiger partial charge in [0, 0.05) is 14.6 Å². The van der Waals surface area contributed by atoms with Crippen LogP contribution in [0.1, 0.15) is 16.4 Å². The van der Waals surface area contributed by atoms with Crippen molar-refractivity contribution in [3.8, 4) is 0 Å². The molecule has 0 radical (unpaired) electrons. The highest BCUT2D eigenvalue weighted by Gasteiger charge is 2.46. The van der Waals surface area contributed by atoms with Gasteiger partial charge in [-0.15, -0.1) is 0 Å². The molecule has 0 spiro atoms. The summed E-state index contributed by atoms with van der Waals surface area (Å²) in [6.45, 7) is 0. The lowest BCUT2D eigenvalue weighted by Crippen LogP contribution is -2.18. The Hall–Kier alpha value is -3.00. The lowest BCUT2D eigenvalue weighted by molar-refractivity contribution is 0.603. The first kappa shape index (κ1) is 23.7. The van der Waals surface area contributed by atoms with Gasteiger partial charge >= 0.3 is 0 Å². The van der Waals surface area contributed by atoms with Gasteiger partial charge in [0.2, 0.25) is 0 Å². The number of anilines is 1. The molecule has 1 aliphatic heterocycles. The summed E-state index contributed by atoms with van der Waals surface area (Å²) in [7, 11) is -3.84. The third kappa shape index (κ3) is 4.89. The second kappa shape index (κ2) is 9.93. The quantitative estimate of drug-likeness (QED) is 0.250. The van der Waals surface area contributed by atoms with Crippen molar-refractivity contribution in [2.45, 2.75) is 5.25 Å². The van der Waals surface area contributed by atoms with E-state index < -0.39 is 15.1 Å². The molecule has 5 rings (SSSR count). The van der Waals surface area contributed by atoms with Gasteiger partial charge in [0.25, 0.3) is 0 Å². The molecule has 0 aromatic heterocycles. The number of aliphatic imine (C=N–C) groups is 1. The van der Waals surface area contributed by atoms with Gasteiger partial charge in [-0.1, -0.05) is 92.5 Å². The summed E-state index contributed by atoms with van der Waals surface area (Å²) in [5.74, 6) is 0. The Morgan fingerprint density at radius 1 is 0.686 bits per heavy atom. The molecule has 4 nitrogen and oxygen atoms in total. The topological polar surface area (TPSA) is 58.5 Å². The van der Waals surface area contributed by atoms with Crippen LogP contribution in [-0.2, 0) is 9.84 Å². The van der Waals surface area contributed by atoms with Crippen LogP contribution in [0, 0.1) is 0 Å². The highest BCUT2D eigenvalue weighted by Crippen LogP contribution is 2.46. The maximum Gasteiger partial charge on any atom is 0.193 e. The van der Waals surface area contributed by atoms with Gasteiger partial charge in [-0.3, -0.25) is 0 Å². The van der Waals surface area contributed by atoms with E-state index in [-0.39, 0.29) is 4.91 Å². The molecule has 0 amide bonds. The van der Waals surface area contributed by atoms with E-state index in [2.05, 4.69) is 37.2 Å². The number of para-hydroxylation sites is 2. The number of allylic oxidation sites excluding steroid dienone is 1. The summed E-state index contributed by atoms with van der Waals surface area (Å²) in [5.41, 5.74) is 3.67. The molecule has 1 aliphatic rings. The van der Waals surface area contributed by atoms with E-state index >= 15 is 0 Å². The van der Waals surface area contributed by atoms with Crippen LogP contribution in [0.4, 0.5) is 11.4 Å². The summed E-state index contributed by atoms with van der Waals surface area (Å²) in [6.07, 6.45) is 0. The summed E-state index contributed by atoms with van der Waals surface area (Å²) >= 11 is 6.91. The van der Waals surface area contributed by atoms with E-state index in [1.807, 2.05) is 109 Å². The average Bonchev–Trinajstić information content (AvgIpc) is 3.07.